The second kappa shape index (κ2) is 7.15. The van der Waals surface area contributed by atoms with Crippen molar-refractivity contribution >= 4 is 23.4 Å². The molecule has 2 rings (SSSR count). The van der Waals surface area contributed by atoms with E-state index in [1.54, 1.807) is 19.9 Å². The Bertz CT molecular complexity index is 745. The molecule has 0 saturated heterocycles. The predicted molar refractivity (Wildman–Crippen MR) is 80.7 cm³/mol. The van der Waals surface area contributed by atoms with Crippen molar-refractivity contribution in [2.75, 3.05) is 6.61 Å². The third kappa shape index (κ3) is 4.46. The molecule has 1 heterocycles. The van der Waals surface area contributed by atoms with Crippen LogP contribution in [-0.2, 0) is 4.79 Å². The van der Waals surface area contributed by atoms with Crippen LogP contribution in [0.4, 0.5) is 4.39 Å². The topological polar surface area (TPSA) is 80.6 Å². The summed E-state index contributed by atoms with van der Waals surface area (Å²) >= 11 is 5.60. The summed E-state index contributed by atoms with van der Waals surface area (Å²) in [5.41, 5.74) is 4.77. The zero-order valence-electron chi connectivity index (χ0n) is 12.4. The van der Waals surface area contributed by atoms with Crippen molar-refractivity contribution < 1.29 is 23.1 Å². The lowest BCUT2D eigenvalue weighted by Gasteiger charge is -2.08. The minimum Gasteiger partial charge on any atom is -0.484 e. The monoisotopic (exact) mass is 340 g/mol. The van der Waals surface area contributed by atoms with Crippen LogP contribution in [0.25, 0.3) is 0 Å². The molecule has 0 unspecified atom stereocenters. The van der Waals surface area contributed by atoms with E-state index >= 15 is 0 Å². The lowest BCUT2D eigenvalue weighted by molar-refractivity contribution is -0.123. The molecule has 2 aromatic rings. The fourth-order valence-electron chi connectivity index (χ4n) is 1.80. The summed E-state index contributed by atoms with van der Waals surface area (Å²) in [7, 11) is 0. The third-order valence-corrected chi connectivity index (χ3v) is 3.15. The van der Waals surface area contributed by atoms with Crippen LogP contribution in [0.3, 0.4) is 0 Å². The first-order valence-electron chi connectivity index (χ1n) is 6.61. The number of nitrogens with one attached hydrogen (secondary N) is 2. The van der Waals surface area contributed by atoms with E-state index in [1.165, 1.54) is 12.1 Å². The number of ether oxygens (including phenoxy) is 1. The summed E-state index contributed by atoms with van der Waals surface area (Å²) in [5.74, 6) is -0.392. The summed E-state index contributed by atoms with van der Waals surface area (Å²) < 4.78 is 23.3. The van der Waals surface area contributed by atoms with Gasteiger partial charge >= 0.3 is 0 Å². The Morgan fingerprint density at radius 2 is 2.00 bits per heavy atom. The molecule has 0 radical (unpaired) electrons. The first kappa shape index (κ1) is 16.8. The van der Waals surface area contributed by atoms with Crippen molar-refractivity contribution in [2.45, 2.75) is 13.8 Å². The van der Waals surface area contributed by atoms with Crippen LogP contribution in [0.5, 0.6) is 5.75 Å². The van der Waals surface area contributed by atoms with Crippen molar-refractivity contribution in [3.05, 3.63) is 52.2 Å². The SMILES string of the molecule is Cc1cc(C(=O)NNC(=O)COc2ccc(F)c(Cl)c2)c(C)o1. The van der Waals surface area contributed by atoms with Gasteiger partial charge in [0.15, 0.2) is 6.61 Å². The van der Waals surface area contributed by atoms with Gasteiger partial charge in [0.05, 0.1) is 10.6 Å². The molecule has 6 nitrogen and oxygen atoms in total. The van der Waals surface area contributed by atoms with Gasteiger partial charge in [0.25, 0.3) is 11.8 Å². The number of hydrazine groups is 1. The molecule has 0 saturated carbocycles. The number of benzene rings is 1. The molecule has 2 N–H and O–H groups in total. The van der Waals surface area contributed by atoms with Crippen molar-refractivity contribution in [1.82, 2.24) is 10.9 Å². The van der Waals surface area contributed by atoms with Crippen LogP contribution in [0, 0.1) is 19.7 Å². The average molecular weight is 341 g/mol. The molecule has 0 aliphatic carbocycles. The maximum absolute atomic E-state index is 13.0. The van der Waals surface area contributed by atoms with E-state index in [-0.39, 0.29) is 17.4 Å². The van der Waals surface area contributed by atoms with Gasteiger partial charge in [-0.25, -0.2) is 4.39 Å². The van der Waals surface area contributed by atoms with Crippen LogP contribution in [0.15, 0.2) is 28.7 Å². The summed E-state index contributed by atoms with van der Waals surface area (Å²) in [6, 6.07) is 5.28. The standard InChI is InChI=1S/C15H14ClFN2O4/c1-8-5-11(9(2)23-8)15(21)19-18-14(20)7-22-10-3-4-13(17)12(16)6-10/h3-6H,7H2,1-2H3,(H,18,20)(H,19,21). The number of rotatable bonds is 4. The second-order valence-electron chi connectivity index (χ2n) is 4.69. The Morgan fingerprint density at radius 1 is 1.26 bits per heavy atom. The average Bonchev–Trinajstić information content (AvgIpc) is 2.84. The van der Waals surface area contributed by atoms with E-state index in [0.717, 1.165) is 6.07 Å². The number of hydrogen-bond donors (Lipinski definition) is 2. The number of amides is 2. The van der Waals surface area contributed by atoms with E-state index in [0.29, 0.717) is 17.1 Å². The third-order valence-electron chi connectivity index (χ3n) is 2.86. The Kier molecular flexibility index (Phi) is 5.23. The highest BCUT2D eigenvalue weighted by Gasteiger charge is 2.14. The van der Waals surface area contributed by atoms with Gasteiger partial charge in [0, 0.05) is 6.07 Å². The van der Waals surface area contributed by atoms with E-state index < -0.39 is 17.6 Å². The summed E-state index contributed by atoms with van der Waals surface area (Å²) in [6.45, 7) is 2.99. The minimum absolute atomic E-state index is 0.109. The Hall–Kier alpha value is -2.54. The number of furan rings is 1. The van der Waals surface area contributed by atoms with Crippen LogP contribution in [0.2, 0.25) is 5.02 Å². The number of aryl methyl sites for hydroxylation is 2. The molecule has 0 aliphatic rings. The van der Waals surface area contributed by atoms with E-state index in [4.69, 9.17) is 20.8 Å². The lowest BCUT2D eigenvalue weighted by Crippen LogP contribution is -2.43. The maximum atomic E-state index is 13.0. The Morgan fingerprint density at radius 3 is 2.61 bits per heavy atom. The highest BCUT2D eigenvalue weighted by molar-refractivity contribution is 6.30. The normalized spacial score (nSPS) is 10.3. The summed E-state index contributed by atoms with van der Waals surface area (Å²) in [6.07, 6.45) is 0. The molecule has 0 bridgehead atoms. The van der Waals surface area contributed by atoms with Gasteiger partial charge in [-0.1, -0.05) is 11.6 Å². The summed E-state index contributed by atoms with van der Waals surface area (Å²) in [5, 5.41) is -0.109. The molecule has 1 aromatic carbocycles. The fourth-order valence-corrected chi connectivity index (χ4v) is 1.97. The molecule has 0 aliphatic heterocycles. The van der Waals surface area contributed by atoms with Crippen molar-refractivity contribution in [1.29, 1.82) is 0 Å². The molecule has 1 aromatic heterocycles. The van der Waals surface area contributed by atoms with Gasteiger partial charge < -0.3 is 9.15 Å². The second-order valence-corrected chi connectivity index (χ2v) is 5.10. The first-order valence-corrected chi connectivity index (χ1v) is 6.98. The van der Waals surface area contributed by atoms with Gasteiger partial charge in [0.2, 0.25) is 0 Å². The van der Waals surface area contributed by atoms with Gasteiger partial charge in [-0.2, -0.15) is 0 Å². The highest BCUT2D eigenvalue weighted by Crippen LogP contribution is 2.20. The maximum Gasteiger partial charge on any atom is 0.276 e. The minimum atomic E-state index is -0.586. The summed E-state index contributed by atoms with van der Waals surface area (Å²) in [4.78, 5) is 23.5. The van der Waals surface area contributed by atoms with Crippen LogP contribution in [0.1, 0.15) is 21.9 Å². The smallest absolute Gasteiger partial charge is 0.276 e. The number of hydrogen-bond acceptors (Lipinski definition) is 4. The Balaban J connectivity index is 1.82. The van der Waals surface area contributed by atoms with Crippen molar-refractivity contribution in [2.24, 2.45) is 0 Å². The Labute approximate surface area is 136 Å². The zero-order chi connectivity index (χ0) is 17.0. The molecule has 0 atom stereocenters. The van der Waals surface area contributed by atoms with Crippen molar-refractivity contribution in [3.63, 3.8) is 0 Å². The molecule has 0 spiro atoms. The predicted octanol–water partition coefficient (Wildman–Crippen LogP) is 2.53. The molecule has 2 amide bonds. The van der Waals surface area contributed by atoms with E-state index in [1.807, 2.05) is 0 Å². The first-order chi connectivity index (χ1) is 10.9. The van der Waals surface area contributed by atoms with Crippen LogP contribution in [-0.4, -0.2) is 18.4 Å². The van der Waals surface area contributed by atoms with Gasteiger partial charge in [-0.05, 0) is 32.0 Å². The zero-order valence-corrected chi connectivity index (χ0v) is 13.2. The highest BCUT2D eigenvalue weighted by atomic mass is 35.5. The van der Waals surface area contributed by atoms with Crippen LogP contribution < -0.4 is 15.6 Å². The fraction of sp³-hybridized carbons (Fsp3) is 0.200. The molecular formula is C15H14ClFN2O4. The number of carbonyl (C=O) groups excluding carboxylic acids is 2. The number of carbonyl (C=O) groups is 2. The van der Waals surface area contributed by atoms with Crippen LogP contribution >= 0.6 is 11.6 Å². The van der Waals surface area contributed by atoms with Gasteiger partial charge in [-0.15, -0.1) is 0 Å². The molecule has 8 heteroatoms. The molecular weight excluding hydrogens is 327 g/mol. The van der Waals surface area contributed by atoms with Crippen molar-refractivity contribution in [3.8, 4) is 5.75 Å². The van der Waals surface area contributed by atoms with E-state index in [2.05, 4.69) is 10.9 Å². The quantitative estimate of drug-likeness (QED) is 0.838. The van der Waals surface area contributed by atoms with Gasteiger partial charge in [-0.3, -0.25) is 20.4 Å². The van der Waals surface area contributed by atoms with E-state index in [9.17, 15) is 14.0 Å². The van der Waals surface area contributed by atoms with Gasteiger partial charge in [0.1, 0.15) is 23.1 Å². The largest absolute Gasteiger partial charge is 0.484 e. The molecule has 0 fully saturated rings. The molecule has 122 valence electrons. The molecule has 23 heavy (non-hydrogen) atoms. The lowest BCUT2D eigenvalue weighted by atomic mass is 10.2. The number of halogens is 2.